The van der Waals surface area contributed by atoms with Gasteiger partial charge in [-0.25, -0.2) is 4.98 Å². The van der Waals surface area contributed by atoms with Gasteiger partial charge in [0.2, 0.25) is 0 Å². The fraction of sp³-hybridized carbons (Fsp3) is 0.423. The summed E-state index contributed by atoms with van der Waals surface area (Å²) >= 11 is 1.72. The summed E-state index contributed by atoms with van der Waals surface area (Å²) in [6.07, 6.45) is 7.28. The van der Waals surface area contributed by atoms with Crippen LogP contribution in [0.15, 0.2) is 54.0 Å². The van der Waals surface area contributed by atoms with Crippen molar-refractivity contribution < 1.29 is 9.47 Å². The lowest BCUT2D eigenvalue weighted by atomic mass is 9.78. The van der Waals surface area contributed by atoms with Crippen LogP contribution in [0.2, 0.25) is 0 Å². The lowest BCUT2D eigenvalue weighted by Crippen LogP contribution is -2.47. The lowest BCUT2D eigenvalue weighted by Gasteiger charge is -2.37. The third-order valence-electron chi connectivity index (χ3n) is 6.74. The molecule has 162 valence electrons. The van der Waals surface area contributed by atoms with Gasteiger partial charge in [0.05, 0.1) is 17.3 Å². The Morgan fingerprint density at radius 1 is 1.13 bits per heavy atom. The van der Waals surface area contributed by atoms with Crippen molar-refractivity contribution in [1.29, 1.82) is 0 Å². The van der Waals surface area contributed by atoms with Gasteiger partial charge >= 0.3 is 0 Å². The summed E-state index contributed by atoms with van der Waals surface area (Å²) in [7, 11) is 0. The first-order chi connectivity index (χ1) is 15.1. The number of fused-ring (bicyclic) bond motifs is 1. The monoisotopic (exact) mass is 434 g/mol. The fourth-order valence-corrected chi connectivity index (χ4v) is 5.74. The van der Waals surface area contributed by atoms with E-state index < -0.39 is 0 Å². The summed E-state index contributed by atoms with van der Waals surface area (Å²) < 4.78 is 12.6. The minimum absolute atomic E-state index is 0.132. The Balaban J connectivity index is 1.18. The number of rotatable bonds is 5. The summed E-state index contributed by atoms with van der Waals surface area (Å²) in [6.45, 7) is 2.08. The van der Waals surface area contributed by atoms with Gasteiger partial charge in [-0.3, -0.25) is 0 Å². The molecule has 1 fully saturated rings. The normalized spacial score (nSPS) is 25.5. The van der Waals surface area contributed by atoms with Crippen LogP contribution in [-0.2, 0) is 12.8 Å². The molecular formula is C26H30N2O2S. The van der Waals surface area contributed by atoms with Crippen LogP contribution in [0, 0.1) is 6.92 Å². The van der Waals surface area contributed by atoms with Gasteiger partial charge in [-0.15, -0.1) is 11.3 Å². The highest BCUT2D eigenvalue weighted by Gasteiger charge is 2.33. The second-order valence-corrected chi connectivity index (χ2v) is 9.98. The highest BCUT2D eigenvalue weighted by Crippen LogP contribution is 2.38. The Labute approximate surface area is 188 Å². The number of ether oxygens (including phenoxy) is 2. The van der Waals surface area contributed by atoms with Gasteiger partial charge < -0.3 is 15.2 Å². The maximum atomic E-state index is 6.73. The average Bonchev–Trinajstić information content (AvgIpc) is 3.19. The van der Waals surface area contributed by atoms with Crippen molar-refractivity contribution in [2.45, 2.75) is 69.6 Å². The van der Waals surface area contributed by atoms with Crippen molar-refractivity contribution in [2.24, 2.45) is 5.73 Å². The average molecular weight is 435 g/mol. The van der Waals surface area contributed by atoms with Crippen LogP contribution in [0.3, 0.4) is 0 Å². The molecule has 4 nitrogen and oxygen atoms in total. The molecule has 1 aromatic heterocycles. The maximum Gasteiger partial charge on any atom is 0.124 e. The Morgan fingerprint density at radius 2 is 1.94 bits per heavy atom. The molecule has 1 unspecified atom stereocenters. The topological polar surface area (TPSA) is 57.4 Å². The van der Waals surface area contributed by atoms with E-state index in [1.165, 1.54) is 16.0 Å². The standard InChI is InChI=1S/C26H30N2O2S/c1-18-25(31-17-28-18)16-26(27)13-11-21(12-14-26)29-22-8-10-24-20(15-22)7-9-23(30-24)19-5-3-2-4-6-19/h2-6,8,10,15,17,21,23H,7,9,11-14,16,27H2,1H3. The zero-order valence-electron chi connectivity index (χ0n) is 18.0. The molecule has 2 aromatic carbocycles. The summed E-state index contributed by atoms with van der Waals surface area (Å²) in [5.41, 5.74) is 12.1. The number of nitrogens with two attached hydrogens (primary N) is 1. The van der Waals surface area contributed by atoms with E-state index in [9.17, 15) is 0 Å². The quantitative estimate of drug-likeness (QED) is 0.553. The second-order valence-electron chi connectivity index (χ2n) is 9.04. The Hall–Kier alpha value is -2.37. The van der Waals surface area contributed by atoms with Crippen LogP contribution in [-0.4, -0.2) is 16.6 Å². The van der Waals surface area contributed by atoms with Crippen molar-refractivity contribution in [2.75, 3.05) is 0 Å². The lowest BCUT2D eigenvalue weighted by molar-refractivity contribution is 0.117. The molecule has 5 rings (SSSR count). The third-order valence-corrected chi connectivity index (χ3v) is 7.67. The van der Waals surface area contributed by atoms with Gasteiger partial charge in [0.15, 0.2) is 0 Å². The van der Waals surface area contributed by atoms with E-state index in [1.54, 1.807) is 11.3 Å². The summed E-state index contributed by atoms with van der Waals surface area (Å²) in [5.74, 6) is 1.94. The first-order valence-corrected chi connectivity index (χ1v) is 12.1. The smallest absolute Gasteiger partial charge is 0.124 e. The molecule has 1 aliphatic heterocycles. The first kappa shape index (κ1) is 20.5. The Kier molecular flexibility index (Phi) is 5.72. The molecule has 2 aliphatic rings. The molecular weight excluding hydrogens is 404 g/mol. The number of benzene rings is 2. The number of thiazole rings is 1. The van der Waals surface area contributed by atoms with Crippen molar-refractivity contribution in [3.8, 4) is 11.5 Å². The SMILES string of the molecule is Cc1ncsc1CC1(N)CCC(Oc2ccc3c(c2)CCC(c2ccccc2)O3)CC1. The predicted octanol–water partition coefficient (Wildman–Crippen LogP) is 5.78. The van der Waals surface area contributed by atoms with Gasteiger partial charge in [-0.1, -0.05) is 30.3 Å². The van der Waals surface area contributed by atoms with Gasteiger partial charge in [0, 0.05) is 16.8 Å². The Bertz CT molecular complexity index is 1020. The highest BCUT2D eigenvalue weighted by atomic mass is 32.1. The van der Waals surface area contributed by atoms with Crippen LogP contribution in [0.5, 0.6) is 11.5 Å². The predicted molar refractivity (Wildman–Crippen MR) is 125 cm³/mol. The van der Waals surface area contributed by atoms with Crippen LogP contribution in [0.4, 0.5) is 0 Å². The van der Waals surface area contributed by atoms with Crippen molar-refractivity contribution in [1.82, 2.24) is 4.98 Å². The van der Waals surface area contributed by atoms with Crippen LogP contribution < -0.4 is 15.2 Å². The molecule has 0 radical (unpaired) electrons. The summed E-state index contributed by atoms with van der Waals surface area (Å²) in [4.78, 5) is 5.69. The number of aryl methyl sites for hydroxylation is 2. The molecule has 31 heavy (non-hydrogen) atoms. The van der Waals surface area contributed by atoms with Crippen molar-refractivity contribution in [3.05, 3.63) is 75.7 Å². The molecule has 1 saturated carbocycles. The minimum atomic E-state index is -0.132. The number of nitrogens with zero attached hydrogens (tertiary/aromatic N) is 1. The van der Waals surface area contributed by atoms with Crippen molar-refractivity contribution in [3.63, 3.8) is 0 Å². The fourth-order valence-electron chi connectivity index (χ4n) is 4.81. The number of aromatic nitrogens is 1. The maximum absolute atomic E-state index is 6.73. The van der Waals surface area contributed by atoms with E-state index in [0.29, 0.717) is 0 Å². The molecule has 3 aromatic rings. The van der Waals surface area contributed by atoms with E-state index in [-0.39, 0.29) is 17.7 Å². The molecule has 5 heteroatoms. The van der Waals surface area contributed by atoms with Crippen LogP contribution in [0.25, 0.3) is 0 Å². The van der Waals surface area contributed by atoms with Gasteiger partial charge in [-0.05, 0) is 74.8 Å². The Morgan fingerprint density at radius 3 is 2.68 bits per heavy atom. The van der Waals surface area contributed by atoms with E-state index >= 15 is 0 Å². The summed E-state index contributed by atoms with van der Waals surface area (Å²) in [5, 5.41) is 0. The number of hydrogen-bond acceptors (Lipinski definition) is 5. The number of hydrogen-bond donors (Lipinski definition) is 1. The van der Waals surface area contributed by atoms with E-state index in [0.717, 1.165) is 62.1 Å². The van der Waals surface area contributed by atoms with Crippen LogP contribution >= 0.6 is 11.3 Å². The molecule has 0 amide bonds. The first-order valence-electron chi connectivity index (χ1n) is 11.3. The van der Waals surface area contributed by atoms with E-state index in [1.807, 2.05) is 11.6 Å². The molecule has 2 heterocycles. The second kappa shape index (κ2) is 8.64. The molecule has 0 saturated heterocycles. The largest absolute Gasteiger partial charge is 0.490 e. The van der Waals surface area contributed by atoms with Crippen LogP contribution in [0.1, 0.15) is 59.9 Å². The van der Waals surface area contributed by atoms with Gasteiger partial charge in [-0.2, -0.15) is 0 Å². The van der Waals surface area contributed by atoms with E-state index in [2.05, 4.69) is 54.4 Å². The molecule has 2 N–H and O–H groups in total. The minimum Gasteiger partial charge on any atom is -0.490 e. The highest BCUT2D eigenvalue weighted by molar-refractivity contribution is 7.09. The molecule has 1 aliphatic carbocycles. The molecule has 0 spiro atoms. The van der Waals surface area contributed by atoms with Crippen molar-refractivity contribution >= 4 is 11.3 Å². The van der Waals surface area contributed by atoms with Gasteiger partial charge in [0.1, 0.15) is 17.6 Å². The third kappa shape index (κ3) is 4.63. The summed E-state index contributed by atoms with van der Waals surface area (Å²) in [6, 6.07) is 16.8. The molecule has 1 atom stereocenters. The van der Waals surface area contributed by atoms with Gasteiger partial charge in [0.25, 0.3) is 0 Å². The zero-order chi connectivity index (χ0) is 21.3. The zero-order valence-corrected chi connectivity index (χ0v) is 18.9. The van der Waals surface area contributed by atoms with E-state index in [4.69, 9.17) is 15.2 Å². The molecule has 0 bridgehead atoms.